The minimum Gasteiger partial charge on any atom is -0.406 e. The molecule has 0 radical (unpaired) electrons. The Balaban J connectivity index is 1.84. The Kier molecular flexibility index (Phi) is 5.66. The van der Waals surface area contributed by atoms with Crippen LogP contribution in [-0.2, 0) is 6.54 Å². The molecule has 0 saturated carbocycles. The van der Waals surface area contributed by atoms with E-state index in [4.69, 9.17) is 0 Å². The number of benzene rings is 1. The molecule has 0 saturated heterocycles. The summed E-state index contributed by atoms with van der Waals surface area (Å²) in [5.74, 6) is -0.304. The summed E-state index contributed by atoms with van der Waals surface area (Å²) in [6.45, 7) is 3.97. The molecule has 0 bridgehead atoms. The number of carbonyl (C=O) groups is 1. The molecule has 1 atom stereocenters. The molecule has 2 rings (SSSR count). The number of alkyl halides is 3. The lowest BCUT2D eigenvalue weighted by Gasteiger charge is -2.15. The summed E-state index contributed by atoms with van der Waals surface area (Å²) < 4.78 is 40.1. The fourth-order valence-electron chi connectivity index (χ4n) is 1.93. The van der Waals surface area contributed by atoms with Crippen LogP contribution in [0.4, 0.5) is 18.0 Å². The lowest BCUT2D eigenvalue weighted by molar-refractivity contribution is -0.274. The third-order valence-corrected chi connectivity index (χ3v) is 3.94. The summed E-state index contributed by atoms with van der Waals surface area (Å²) in [6.07, 6.45) is -2.99. The highest BCUT2D eigenvalue weighted by atomic mass is 32.1. The van der Waals surface area contributed by atoms with Gasteiger partial charge < -0.3 is 15.4 Å². The molecule has 0 spiro atoms. The van der Waals surface area contributed by atoms with Crippen molar-refractivity contribution < 1.29 is 22.7 Å². The summed E-state index contributed by atoms with van der Waals surface area (Å²) in [7, 11) is 0. The average molecular weight is 359 g/mol. The Hall–Kier alpha value is -2.29. The summed E-state index contributed by atoms with van der Waals surface area (Å²) in [5, 5.41) is 6.18. The molecule has 2 amide bonds. The van der Waals surface area contributed by atoms with Crippen molar-refractivity contribution in [3.8, 4) is 5.75 Å². The average Bonchev–Trinajstić information content (AvgIpc) is 2.90. The van der Waals surface area contributed by atoms with Crippen molar-refractivity contribution in [1.29, 1.82) is 0 Å². The molecule has 0 aliphatic carbocycles. The van der Waals surface area contributed by atoms with Crippen molar-refractivity contribution in [2.75, 3.05) is 0 Å². The Labute approximate surface area is 140 Å². The lowest BCUT2D eigenvalue weighted by Crippen LogP contribution is -2.36. The number of hydrogen-bond donors (Lipinski definition) is 2. The van der Waals surface area contributed by atoms with E-state index in [2.05, 4.69) is 20.4 Å². The van der Waals surface area contributed by atoms with Crippen LogP contribution in [0.5, 0.6) is 5.75 Å². The maximum absolute atomic E-state index is 12.1. The van der Waals surface area contributed by atoms with Crippen molar-refractivity contribution in [3.05, 3.63) is 45.9 Å². The molecule has 1 heterocycles. The van der Waals surface area contributed by atoms with Crippen LogP contribution < -0.4 is 15.4 Å². The number of aryl methyl sites for hydroxylation is 1. The zero-order valence-corrected chi connectivity index (χ0v) is 13.8. The van der Waals surface area contributed by atoms with Crippen molar-refractivity contribution in [2.45, 2.75) is 32.8 Å². The number of thiazole rings is 1. The SMILES string of the molecule is Cc1cnc(CNC(=O)N[C@@H](C)c2ccc(OC(F)(F)F)cc2)s1. The highest BCUT2D eigenvalue weighted by Crippen LogP contribution is 2.24. The number of aromatic nitrogens is 1. The van der Waals surface area contributed by atoms with Gasteiger partial charge in [0, 0.05) is 11.1 Å². The van der Waals surface area contributed by atoms with Gasteiger partial charge in [0.05, 0.1) is 12.6 Å². The second-order valence-corrected chi connectivity index (χ2v) is 6.35. The molecule has 0 aliphatic heterocycles. The third kappa shape index (κ3) is 5.73. The quantitative estimate of drug-likeness (QED) is 0.851. The van der Waals surface area contributed by atoms with Crippen LogP contribution >= 0.6 is 11.3 Å². The lowest BCUT2D eigenvalue weighted by atomic mass is 10.1. The number of halogens is 3. The fourth-order valence-corrected chi connectivity index (χ4v) is 2.66. The largest absolute Gasteiger partial charge is 0.573 e. The van der Waals surface area contributed by atoms with E-state index in [-0.39, 0.29) is 17.8 Å². The van der Waals surface area contributed by atoms with Crippen LogP contribution in [0.2, 0.25) is 0 Å². The van der Waals surface area contributed by atoms with Gasteiger partial charge in [-0.2, -0.15) is 0 Å². The zero-order chi connectivity index (χ0) is 17.7. The van der Waals surface area contributed by atoms with Crippen molar-refractivity contribution >= 4 is 17.4 Å². The van der Waals surface area contributed by atoms with Gasteiger partial charge in [-0.25, -0.2) is 9.78 Å². The summed E-state index contributed by atoms with van der Waals surface area (Å²) in [5.41, 5.74) is 0.657. The number of nitrogens with zero attached hydrogens (tertiary/aromatic N) is 1. The van der Waals surface area contributed by atoms with Gasteiger partial charge in [-0.05, 0) is 31.5 Å². The van der Waals surface area contributed by atoms with Crippen LogP contribution in [0.1, 0.15) is 28.4 Å². The van der Waals surface area contributed by atoms with E-state index in [0.29, 0.717) is 12.1 Å². The minimum atomic E-state index is -4.72. The molecule has 1 aromatic heterocycles. The standard InChI is InChI=1S/C15H16F3N3O2S/c1-9-7-19-13(24-9)8-20-14(22)21-10(2)11-3-5-12(6-4-11)23-15(16,17)18/h3-7,10H,8H2,1-2H3,(H2,20,21,22)/t10-/m0/s1. The first-order valence-corrected chi connectivity index (χ1v) is 7.86. The molecule has 0 unspecified atom stereocenters. The highest BCUT2D eigenvalue weighted by molar-refractivity contribution is 7.11. The maximum Gasteiger partial charge on any atom is 0.573 e. The minimum absolute atomic E-state index is 0.304. The number of rotatable bonds is 5. The Bertz CT molecular complexity index is 686. The van der Waals surface area contributed by atoms with Gasteiger partial charge >= 0.3 is 12.4 Å². The summed E-state index contributed by atoms with van der Waals surface area (Å²) in [4.78, 5) is 17.0. The van der Waals surface area contributed by atoms with Crippen LogP contribution in [-0.4, -0.2) is 17.4 Å². The number of nitrogens with one attached hydrogen (secondary N) is 2. The second-order valence-electron chi connectivity index (χ2n) is 5.03. The van der Waals surface area contributed by atoms with E-state index in [9.17, 15) is 18.0 Å². The van der Waals surface area contributed by atoms with E-state index in [1.165, 1.54) is 35.6 Å². The van der Waals surface area contributed by atoms with Gasteiger partial charge in [0.2, 0.25) is 0 Å². The Morgan fingerprint density at radius 2 is 2.00 bits per heavy atom. The molecule has 2 N–H and O–H groups in total. The molecule has 130 valence electrons. The first-order chi connectivity index (χ1) is 11.2. The van der Waals surface area contributed by atoms with Gasteiger partial charge in [0.25, 0.3) is 0 Å². The van der Waals surface area contributed by atoms with Gasteiger partial charge in [-0.15, -0.1) is 24.5 Å². The van der Waals surface area contributed by atoms with Crippen LogP contribution in [0.15, 0.2) is 30.5 Å². The highest BCUT2D eigenvalue weighted by Gasteiger charge is 2.31. The molecule has 1 aromatic carbocycles. The van der Waals surface area contributed by atoms with E-state index < -0.39 is 6.36 Å². The number of ether oxygens (including phenoxy) is 1. The monoisotopic (exact) mass is 359 g/mol. The van der Waals surface area contributed by atoms with Gasteiger partial charge in [0.15, 0.2) is 0 Å². The molecule has 24 heavy (non-hydrogen) atoms. The number of amides is 2. The maximum atomic E-state index is 12.1. The second kappa shape index (κ2) is 7.52. The van der Waals surface area contributed by atoms with Crippen molar-refractivity contribution in [2.24, 2.45) is 0 Å². The molecule has 0 aliphatic rings. The first-order valence-electron chi connectivity index (χ1n) is 7.04. The van der Waals surface area contributed by atoms with Crippen LogP contribution in [0, 0.1) is 6.92 Å². The van der Waals surface area contributed by atoms with Gasteiger partial charge in [-0.1, -0.05) is 12.1 Å². The molecule has 9 heteroatoms. The molecular weight excluding hydrogens is 343 g/mol. The van der Waals surface area contributed by atoms with Gasteiger partial charge in [0.1, 0.15) is 10.8 Å². The van der Waals surface area contributed by atoms with Gasteiger partial charge in [-0.3, -0.25) is 0 Å². The van der Waals surface area contributed by atoms with E-state index >= 15 is 0 Å². The normalized spacial score (nSPS) is 12.5. The predicted octanol–water partition coefficient (Wildman–Crippen LogP) is 3.91. The summed E-state index contributed by atoms with van der Waals surface area (Å²) >= 11 is 1.49. The van der Waals surface area contributed by atoms with Crippen LogP contribution in [0.25, 0.3) is 0 Å². The molecule has 0 fully saturated rings. The molecule has 2 aromatic rings. The Morgan fingerprint density at radius 3 is 2.54 bits per heavy atom. The van der Waals surface area contributed by atoms with Crippen molar-refractivity contribution in [3.63, 3.8) is 0 Å². The third-order valence-electron chi connectivity index (χ3n) is 3.03. The molecule has 5 nitrogen and oxygen atoms in total. The zero-order valence-electron chi connectivity index (χ0n) is 13.0. The predicted molar refractivity (Wildman–Crippen MR) is 83.8 cm³/mol. The number of urea groups is 1. The summed E-state index contributed by atoms with van der Waals surface area (Å²) in [6, 6.07) is 4.59. The number of hydrogen-bond acceptors (Lipinski definition) is 4. The fraction of sp³-hybridized carbons (Fsp3) is 0.333. The number of carbonyl (C=O) groups excluding carboxylic acids is 1. The van der Waals surface area contributed by atoms with E-state index in [1.54, 1.807) is 13.1 Å². The Morgan fingerprint density at radius 1 is 1.33 bits per heavy atom. The smallest absolute Gasteiger partial charge is 0.406 e. The van der Waals surface area contributed by atoms with Crippen LogP contribution in [0.3, 0.4) is 0 Å². The van der Waals surface area contributed by atoms with E-state index in [1.807, 2.05) is 6.92 Å². The topological polar surface area (TPSA) is 63.2 Å². The molecular formula is C15H16F3N3O2S. The first kappa shape index (κ1) is 18.1. The van der Waals surface area contributed by atoms with E-state index in [0.717, 1.165) is 9.88 Å². The van der Waals surface area contributed by atoms with Crippen molar-refractivity contribution in [1.82, 2.24) is 15.6 Å².